The molecule has 1 atom stereocenters. The molecule has 1 unspecified atom stereocenters. The first-order valence-corrected chi connectivity index (χ1v) is 15.8. The molecular formula is C26H39N5O3Si. The Balaban J connectivity index is 1.54. The number of rotatable bonds is 6. The van der Waals surface area contributed by atoms with E-state index in [1.807, 2.05) is 10.9 Å². The highest BCUT2D eigenvalue weighted by Crippen LogP contribution is 2.37. The van der Waals surface area contributed by atoms with Crippen LogP contribution in [0.1, 0.15) is 52.0 Å². The van der Waals surface area contributed by atoms with Gasteiger partial charge in [0.1, 0.15) is 5.65 Å². The summed E-state index contributed by atoms with van der Waals surface area (Å²) in [6.07, 6.45) is 9.40. The van der Waals surface area contributed by atoms with Crippen molar-refractivity contribution in [3.8, 4) is 11.3 Å². The minimum Gasteiger partial charge on any atom is -0.411 e. The lowest BCUT2D eigenvalue weighted by atomic mass is 10.1. The molecule has 0 spiro atoms. The average molecular weight is 498 g/mol. The fourth-order valence-corrected chi connectivity index (χ4v) is 5.47. The normalized spacial score (nSPS) is 20.0. The van der Waals surface area contributed by atoms with E-state index in [0.717, 1.165) is 74.8 Å². The quantitative estimate of drug-likeness (QED) is 0.433. The van der Waals surface area contributed by atoms with Gasteiger partial charge in [-0.15, -0.1) is 0 Å². The number of aromatic nitrogens is 4. The second-order valence-corrected chi connectivity index (χ2v) is 16.0. The van der Waals surface area contributed by atoms with Crippen LogP contribution in [0.3, 0.4) is 0 Å². The third kappa shape index (κ3) is 5.05. The summed E-state index contributed by atoms with van der Waals surface area (Å²) < 4.78 is 22.4. The molecule has 2 aliphatic rings. The molecule has 2 aliphatic heterocycles. The number of anilines is 1. The van der Waals surface area contributed by atoms with Crippen LogP contribution in [-0.4, -0.2) is 60.4 Å². The van der Waals surface area contributed by atoms with Crippen LogP contribution >= 0.6 is 0 Å². The van der Waals surface area contributed by atoms with Crippen molar-refractivity contribution < 1.29 is 13.9 Å². The van der Waals surface area contributed by atoms with E-state index in [9.17, 15) is 0 Å². The molecule has 35 heavy (non-hydrogen) atoms. The van der Waals surface area contributed by atoms with Crippen LogP contribution < -0.4 is 4.90 Å². The number of hydrogen-bond donors (Lipinski definition) is 0. The van der Waals surface area contributed by atoms with E-state index in [1.165, 1.54) is 5.69 Å². The largest absolute Gasteiger partial charge is 0.411 e. The first-order valence-electron chi connectivity index (χ1n) is 12.9. The van der Waals surface area contributed by atoms with Gasteiger partial charge in [-0.3, -0.25) is 0 Å². The number of nitrogens with zero attached hydrogens (tertiary/aromatic N) is 5. The van der Waals surface area contributed by atoms with Gasteiger partial charge in [0.15, 0.2) is 14.5 Å². The Kier molecular flexibility index (Phi) is 6.78. The van der Waals surface area contributed by atoms with Gasteiger partial charge in [0.2, 0.25) is 0 Å². The van der Waals surface area contributed by atoms with Gasteiger partial charge < -0.3 is 23.2 Å². The standard InChI is InChI=1S/C26H39N5O3Si/c1-26(2,3)35(4,5)34-19-20-17-30-18-21(29-11-14-32-15-12-29)16-22(25(30)28-20)23-9-10-27-31(23)24-8-6-7-13-33-24/h9-10,16-18,24H,6-8,11-15,19H2,1-5H3. The van der Waals surface area contributed by atoms with E-state index in [4.69, 9.17) is 18.9 Å². The monoisotopic (exact) mass is 497 g/mol. The summed E-state index contributed by atoms with van der Waals surface area (Å²) in [5, 5.41) is 4.83. The van der Waals surface area contributed by atoms with Gasteiger partial charge in [0.25, 0.3) is 0 Å². The zero-order valence-electron chi connectivity index (χ0n) is 21.8. The van der Waals surface area contributed by atoms with E-state index >= 15 is 0 Å². The molecule has 2 fully saturated rings. The van der Waals surface area contributed by atoms with Gasteiger partial charge in [-0.2, -0.15) is 5.10 Å². The predicted molar refractivity (Wildman–Crippen MR) is 140 cm³/mol. The minimum absolute atomic E-state index is 0.0304. The number of pyridine rings is 1. The smallest absolute Gasteiger partial charge is 0.192 e. The molecule has 8 nitrogen and oxygen atoms in total. The van der Waals surface area contributed by atoms with Crippen molar-refractivity contribution in [2.75, 3.05) is 37.8 Å². The minimum atomic E-state index is -1.87. The highest BCUT2D eigenvalue weighted by molar-refractivity contribution is 6.74. The molecule has 0 amide bonds. The van der Waals surface area contributed by atoms with E-state index in [-0.39, 0.29) is 11.3 Å². The van der Waals surface area contributed by atoms with Crippen LogP contribution in [0.2, 0.25) is 18.1 Å². The second-order valence-electron chi connectivity index (χ2n) is 11.2. The summed E-state index contributed by atoms with van der Waals surface area (Å²) in [6, 6.07) is 4.33. The second kappa shape index (κ2) is 9.69. The molecule has 190 valence electrons. The molecule has 0 aromatic carbocycles. The lowest BCUT2D eigenvalue weighted by molar-refractivity contribution is -0.0383. The molecule has 2 saturated heterocycles. The number of ether oxygens (including phenoxy) is 2. The molecule has 0 saturated carbocycles. The Morgan fingerprint density at radius 1 is 1.11 bits per heavy atom. The maximum atomic E-state index is 6.50. The molecular weight excluding hydrogens is 458 g/mol. The molecule has 0 radical (unpaired) electrons. The molecule has 0 N–H and O–H groups in total. The summed E-state index contributed by atoms with van der Waals surface area (Å²) in [5.41, 5.74) is 5.16. The Morgan fingerprint density at radius 3 is 2.63 bits per heavy atom. The van der Waals surface area contributed by atoms with Crippen molar-refractivity contribution in [3.63, 3.8) is 0 Å². The van der Waals surface area contributed by atoms with Gasteiger partial charge in [0.05, 0.1) is 36.9 Å². The van der Waals surface area contributed by atoms with Crippen molar-refractivity contribution in [1.82, 2.24) is 19.2 Å². The maximum Gasteiger partial charge on any atom is 0.192 e. The molecule has 3 aromatic heterocycles. The summed E-state index contributed by atoms with van der Waals surface area (Å²) in [5.74, 6) is 0. The van der Waals surface area contributed by atoms with Crippen LogP contribution in [0.4, 0.5) is 5.69 Å². The Morgan fingerprint density at radius 2 is 1.91 bits per heavy atom. The Labute approximate surface area is 209 Å². The fourth-order valence-electron chi connectivity index (χ4n) is 4.53. The topological polar surface area (TPSA) is 66.0 Å². The first-order chi connectivity index (χ1) is 16.7. The highest BCUT2D eigenvalue weighted by Gasteiger charge is 2.37. The number of hydrogen-bond acceptors (Lipinski definition) is 6. The van der Waals surface area contributed by atoms with E-state index in [2.05, 4.69) is 72.8 Å². The van der Waals surface area contributed by atoms with Crippen molar-refractivity contribution >= 4 is 19.7 Å². The van der Waals surface area contributed by atoms with Gasteiger partial charge >= 0.3 is 0 Å². The van der Waals surface area contributed by atoms with Crippen LogP contribution in [0.5, 0.6) is 0 Å². The summed E-state index contributed by atoms with van der Waals surface area (Å²) in [6.45, 7) is 15.9. The fraction of sp³-hybridized carbons (Fsp3) is 0.615. The van der Waals surface area contributed by atoms with E-state index < -0.39 is 8.32 Å². The van der Waals surface area contributed by atoms with Crippen LogP contribution in [0, 0.1) is 0 Å². The Hall–Kier alpha value is -2.20. The Bertz CT molecular complexity index is 1150. The van der Waals surface area contributed by atoms with E-state index in [0.29, 0.717) is 6.61 Å². The van der Waals surface area contributed by atoms with Crippen LogP contribution in [0.25, 0.3) is 16.9 Å². The number of fused-ring (bicyclic) bond motifs is 1. The predicted octanol–water partition coefficient (Wildman–Crippen LogP) is 5.26. The molecule has 3 aromatic rings. The molecule has 5 rings (SSSR count). The van der Waals surface area contributed by atoms with Crippen LogP contribution in [0.15, 0.2) is 30.7 Å². The average Bonchev–Trinajstić information content (AvgIpc) is 3.50. The van der Waals surface area contributed by atoms with Crippen molar-refractivity contribution in [2.45, 2.75) is 71.0 Å². The summed E-state index contributed by atoms with van der Waals surface area (Å²) in [7, 11) is -1.87. The third-order valence-electron chi connectivity index (χ3n) is 7.72. The van der Waals surface area contributed by atoms with Crippen molar-refractivity contribution in [2.24, 2.45) is 0 Å². The zero-order valence-corrected chi connectivity index (χ0v) is 22.8. The number of morpholine rings is 1. The third-order valence-corrected chi connectivity index (χ3v) is 12.2. The summed E-state index contributed by atoms with van der Waals surface area (Å²) in [4.78, 5) is 7.45. The highest BCUT2D eigenvalue weighted by atomic mass is 28.4. The first kappa shape index (κ1) is 24.5. The SMILES string of the molecule is CC(C)(C)[Si](C)(C)OCc1cn2cc(N3CCOCC3)cc(-c3ccnn3C3CCCCO3)c2n1. The number of imidazole rings is 1. The van der Waals surface area contributed by atoms with Gasteiger partial charge in [-0.25, -0.2) is 9.67 Å². The van der Waals surface area contributed by atoms with Crippen molar-refractivity contribution in [1.29, 1.82) is 0 Å². The van der Waals surface area contributed by atoms with Gasteiger partial charge in [-0.05, 0) is 49.5 Å². The van der Waals surface area contributed by atoms with E-state index in [1.54, 1.807) is 0 Å². The molecule has 0 aliphatic carbocycles. The van der Waals surface area contributed by atoms with Gasteiger partial charge in [0, 0.05) is 43.9 Å². The zero-order chi connectivity index (χ0) is 24.6. The lowest BCUT2D eigenvalue weighted by Crippen LogP contribution is -2.40. The molecule has 5 heterocycles. The van der Waals surface area contributed by atoms with Crippen LogP contribution in [-0.2, 0) is 20.5 Å². The maximum absolute atomic E-state index is 6.50. The molecule has 9 heteroatoms. The summed E-state index contributed by atoms with van der Waals surface area (Å²) >= 11 is 0. The lowest BCUT2D eigenvalue weighted by Gasteiger charge is -2.35. The van der Waals surface area contributed by atoms with Gasteiger partial charge in [-0.1, -0.05) is 20.8 Å². The molecule has 0 bridgehead atoms. The van der Waals surface area contributed by atoms with Crippen molar-refractivity contribution in [3.05, 3.63) is 36.4 Å².